The predicted octanol–water partition coefficient (Wildman–Crippen LogP) is 3.56. The predicted molar refractivity (Wildman–Crippen MR) is 119 cm³/mol. The SMILES string of the molecule is CCCN(Cc1nnc(-c2cccs2)o1)C(=O)CN(C)CCOc1ccc(OC)cc1. The molecule has 9 heteroatoms. The van der Waals surface area contributed by atoms with Crippen LogP contribution in [0.3, 0.4) is 0 Å². The maximum absolute atomic E-state index is 12.8. The van der Waals surface area contributed by atoms with Gasteiger partial charge in [0.25, 0.3) is 5.89 Å². The van der Waals surface area contributed by atoms with Crippen molar-refractivity contribution in [1.82, 2.24) is 20.0 Å². The van der Waals surface area contributed by atoms with Gasteiger partial charge in [0.1, 0.15) is 18.1 Å². The molecule has 0 spiro atoms. The molecule has 31 heavy (non-hydrogen) atoms. The van der Waals surface area contributed by atoms with Crippen molar-refractivity contribution in [2.24, 2.45) is 0 Å². The van der Waals surface area contributed by atoms with E-state index in [1.807, 2.05) is 60.6 Å². The summed E-state index contributed by atoms with van der Waals surface area (Å²) in [6, 6.07) is 11.3. The maximum Gasteiger partial charge on any atom is 0.257 e. The Bertz CT molecular complexity index is 927. The lowest BCUT2D eigenvalue weighted by molar-refractivity contribution is -0.133. The van der Waals surface area contributed by atoms with Gasteiger partial charge in [-0.25, -0.2) is 0 Å². The molecule has 0 bridgehead atoms. The second-order valence-electron chi connectivity index (χ2n) is 7.06. The van der Waals surface area contributed by atoms with Gasteiger partial charge >= 0.3 is 0 Å². The minimum atomic E-state index is 0.0182. The molecule has 0 radical (unpaired) electrons. The van der Waals surface area contributed by atoms with Crippen LogP contribution < -0.4 is 9.47 Å². The average molecular weight is 445 g/mol. The summed E-state index contributed by atoms with van der Waals surface area (Å²) in [6.45, 7) is 4.38. The normalized spacial score (nSPS) is 11.0. The summed E-state index contributed by atoms with van der Waals surface area (Å²) in [7, 11) is 3.53. The van der Waals surface area contributed by atoms with Crippen LogP contribution in [-0.2, 0) is 11.3 Å². The molecule has 2 aromatic heterocycles. The first-order chi connectivity index (χ1) is 15.1. The van der Waals surface area contributed by atoms with Crippen molar-refractivity contribution in [3.05, 3.63) is 47.7 Å². The van der Waals surface area contributed by atoms with Gasteiger partial charge in [0.2, 0.25) is 11.8 Å². The third kappa shape index (κ3) is 6.80. The van der Waals surface area contributed by atoms with E-state index in [2.05, 4.69) is 10.2 Å². The first-order valence-electron chi connectivity index (χ1n) is 10.2. The number of carbonyl (C=O) groups excluding carboxylic acids is 1. The fourth-order valence-electron chi connectivity index (χ4n) is 2.94. The van der Waals surface area contributed by atoms with Gasteiger partial charge in [0.15, 0.2) is 0 Å². The minimum Gasteiger partial charge on any atom is -0.497 e. The lowest BCUT2D eigenvalue weighted by Crippen LogP contribution is -2.40. The van der Waals surface area contributed by atoms with E-state index in [1.165, 1.54) is 11.3 Å². The Labute approximate surface area is 186 Å². The number of likely N-dealkylation sites (N-methyl/N-ethyl adjacent to an activating group) is 1. The molecule has 0 saturated heterocycles. The van der Waals surface area contributed by atoms with Gasteiger partial charge in [-0.1, -0.05) is 13.0 Å². The third-order valence-electron chi connectivity index (χ3n) is 4.58. The molecular formula is C22H28N4O4S. The molecule has 0 saturated carbocycles. The first kappa shape index (κ1) is 22.8. The van der Waals surface area contributed by atoms with Crippen molar-refractivity contribution in [1.29, 1.82) is 0 Å². The number of nitrogens with zero attached hydrogens (tertiary/aromatic N) is 4. The van der Waals surface area contributed by atoms with Gasteiger partial charge in [-0.3, -0.25) is 9.69 Å². The lowest BCUT2D eigenvalue weighted by Gasteiger charge is -2.24. The molecule has 0 fully saturated rings. The standard InChI is InChI=1S/C22H28N4O4S/c1-4-11-26(15-20-23-24-22(30-20)19-6-5-14-31-19)21(27)16-25(2)12-13-29-18-9-7-17(28-3)8-10-18/h5-10,14H,4,11-13,15-16H2,1-3H3. The highest BCUT2D eigenvalue weighted by Crippen LogP contribution is 2.23. The number of hydrogen-bond acceptors (Lipinski definition) is 8. The van der Waals surface area contributed by atoms with Crippen molar-refractivity contribution in [2.75, 3.05) is 40.4 Å². The van der Waals surface area contributed by atoms with Crippen molar-refractivity contribution < 1.29 is 18.7 Å². The van der Waals surface area contributed by atoms with E-state index < -0.39 is 0 Å². The summed E-state index contributed by atoms with van der Waals surface area (Å²) >= 11 is 1.54. The Morgan fingerprint density at radius 2 is 1.90 bits per heavy atom. The highest BCUT2D eigenvalue weighted by molar-refractivity contribution is 7.13. The zero-order valence-corrected chi connectivity index (χ0v) is 18.9. The van der Waals surface area contributed by atoms with Crippen LogP contribution in [0.15, 0.2) is 46.2 Å². The van der Waals surface area contributed by atoms with E-state index in [9.17, 15) is 4.79 Å². The van der Waals surface area contributed by atoms with Crippen LogP contribution >= 0.6 is 11.3 Å². The van der Waals surface area contributed by atoms with Crippen molar-refractivity contribution in [2.45, 2.75) is 19.9 Å². The second-order valence-corrected chi connectivity index (χ2v) is 8.00. The van der Waals surface area contributed by atoms with Gasteiger partial charge in [-0.05, 0) is 49.2 Å². The summed E-state index contributed by atoms with van der Waals surface area (Å²) in [5, 5.41) is 10.2. The monoisotopic (exact) mass is 444 g/mol. The molecule has 1 amide bonds. The van der Waals surface area contributed by atoms with Crippen molar-refractivity contribution in [3.8, 4) is 22.3 Å². The minimum absolute atomic E-state index is 0.0182. The van der Waals surface area contributed by atoms with Gasteiger partial charge in [0.05, 0.1) is 25.1 Å². The van der Waals surface area contributed by atoms with E-state index in [0.29, 0.717) is 38.0 Å². The van der Waals surface area contributed by atoms with E-state index in [0.717, 1.165) is 22.8 Å². The number of rotatable bonds is 12. The topological polar surface area (TPSA) is 80.9 Å². The summed E-state index contributed by atoms with van der Waals surface area (Å²) < 4.78 is 16.6. The Hall–Kier alpha value is -2.91. The van der Waals surface area contributed by atoms with Crippen LogP contribution in [0.4, 0.5) is 0 Å². The molecule has 2 heterocycles. The number of hydrogen-bond donors (Lipinski definition) is 0. The fraction of sp³-hybridized carbons (Fsp3) is 0.409. The van der Waals surface area contributed by atoms with Crippen LogP contribution in [0, 0.1) is 0 Å². The van der Waals surface area contributed by atoms with Crippen molar-refractivity contribution in [3.63, 3.8) is 0 Å². The molecule has 0 N–H and O–H groups in total. The summed E-state index contributed by atoms with van der Waals surface area (Å²) in [4.78, 5) is 17.4. The fourth-order valence-corrected chi connectivity index (χ4v) is 3.59. The number of ether oxygens (including phenoxy) is 2. The molecule has 166 valence electrons. The smallest absolute Gasteiger partial charge is 0.257 e. The maximum atomic E-state index is 12.8. The molecule has 0 atom stereocenters. The lowest BCUT2D eigenvalue weighted by atomic mass is 10.3. The Balaban J connectivity index is 1.47. The molecule has 3 aromatic rings. The quantitative estimate of drug-likeness (QED) is 0.422. The first-order valence-corrected chi connectivity index (χ1v) is 11.1. The Morgan fingerprint density at radius 1 is 1.13 bits per heavy atom. The number of methoxy groups -OCH3 is 1. The molecule has 0 unspecified atom stereocenters. The number of aromatic nitrogens is 2. The van der Waals surface area contributed by atoms with Crippen LogP contribution in [0.1, 0.15) is 19.2 Å². The zero-order chi connectivity index (χ0) is 22.1. The second kappa shape index (κ2) is 11.5. The van der Waals surface area contributed by atoms with Crippen LogP contribution in [-0.4, -0.2) is 66.3 Å². The van der Waals surface area contributed by atoms with Crippen LogP contribution in [0.25, 0.3) is 10.8 Å². The average Bonchev–Trinajstić information content (AvgIpc) is 3.46. The van der Waals surface area contributed by atoms with Crippen molar-refractivity contribution >= 4 is 17.2 Å². The van der Waals surface area contributed by atoms with Crippen LogP contribution in [0.2, 0.25) is 0 Å². The largest absolute Gasteiger partial charge is 0.497 e. The molecule has 0 aliphatic heterocycles. The summed E-state index contributed by atoms with van der Waals surface area (Å²) in [5.41, 5.74) is 0. The van der Waals surface area contributed by atoms with E-state index in [4.69, 9.17) is 13.9 Å². The molecule has 3 rings (SSSR count). The number of carbonyl (C=O) groups is 1. The highest BCUT2D eigenvalue weighted by Gasteiger charge is 2.19. The third-order valence-corrected chi connectivity index (χ3v) is 5.44. The van der Waals surface area contributed by atoms with Gasteiger partial charge < -0.3 is 18.8 Å². The molecule has 0 aliphatic carbocycles. The highest BCUT2D eigenvalue weighted by atomic mass is 32.1. The molecule has 1 aromatic carbocycles. The van der Waals surface area contributed by atoms with E-state index >= 15 is 0 Å². The summed E-state index contributed by atoms with van der Waals surface area (Å²) in [6.07, 6.45) is 0.849. The van der Waals surface area contributed by atoms with E-state index in [1.54, 1.807) is 12.0 Å². The van der Waals surface area contributed by atoms with Gasteiger partial charge in [0, 0.05) is 13.1 Å². The molecule has 8 nitrogen and oxygen atoms in total. The molecular weight excluding hydrogens is 416 g/mol. The summed E-state index contributed by atoms with van der Waals surface area (Å²) in [5.74, 6) is 2.50. The number of benzene rings is 1. The number of thiophene rings is 1. The Morgan fingerprint density at radius 3 is 2.58 bits per heavy atom. The Kier molecular flexibility index (Phi) is 8.43. The van der Waals surface area contributed by atoms with Gasteiger partial charge in [-0.15, -0.1) is 21.5 Å². The number of amides is 1. The van der Waals surface area contributed by atoms with E-state index in [-0.39, 0.29) is 12.5 Å². The van der Waals surface area contributed by atoms with Gasteiger partial charge in [-0.2, -0.15) is 0 Å². The molecule has 0 aliphatic rings. The van der Waals surface area contributed by atoms with Crippen LogP contribution in [0.5, 0.6) is 11.5 Å². The zero-order valence-electron chi connectivity index (χ0n) is 18.1.